The standard InChI is InChI=1S/C19H40N4/c1-16(19-11-8-13-21-19)15-23(4)17(2)22(3)14-6-5-9-18-10-7-12-20-18/h16-21H,5-15H2,1-4H3/t16-,17?,18?,19?/m1/s1. The van der Waals surface area contributed by atoms with Gasteiger partial charge in [-0.15, -0.1) is 0 Å². The van der Waals surface area contributed by atoms with E-state index in [0.717, 1.165) is 18.0 Å². The lowest BCUT2D eigenvalue weighted by Gasteiger charge is -2.35. The molecule has 0 aromatic heterocycles. The smallest absolute Gasteiger partial charge is 0.0588 e. The Morgan fingerprint density at radius 2 is 1.70 bits per heavy atom. The fraction of sp³-hybridized carbons (Fsp3) is 1.00. The van der Waals surface area contributed by atoms with Crippen LogP contribution in [0.4, 0.5) is 0 Å². The number of hydrogen-bond acceptors (Lipinski definition) is 4. The normalized spacial score (nSPS) is 27.9. The molecule has 0 bridgehead atoms. The van der Waals surface area contributed by atoms with Crippen LogP contribution in [0.1, 0.15) is 58.8 Å². The van der Waals surface area contributed by atoms with Crippen molar-refractivity contribution in [2.24, 2.45) is 5.92 Å². The monoisotopic (exact) mass is 324 g/mol. The lowest BCUT2D eigenvalue weighted by atomic mass is 10.00. The Labute approximate surface area is 144 Å². The lowest BCUT2D eigenvalue weighted by Crippen LogP contribution is -2.46. The van der Waals surface area contributed by atoms with Crippen LogP contribution >= 0.6 is 0 Å². The molecule has 4 nitrogen and oxygen atoms in total. The molecule has 0 aliphatic carbocycles. The predicted octanol–water partition coefficient (Wildman–Crippen LogP) is 2.51. The number of unbranched alkanes of at least 4 members (excludes halogenated alkanes) is 1. The number of rotatable bonds is 10. The van der Waals surface area contributed by atoms with E-state index in [1.54, 1.807) is 0 Å². The third-order valence-electron chi connectivity index (χ3n) is 6.11. The maximum atomic E-state index is 3.65. The second kappa shape index (κ2) is 9.97. The summed E-state index contributed by atoms with van der Waals surface area (Å²) in [4.78, 5) is 5.06. The lowest BCUT2D eigenvalue weighted by molar-refractivity contribution is 0.0796. The van der Waals surface area contributed by atoms with Gasteiger partial charge in [-0.25, -0.2) is 0 Å². The maximum Gasteiger partial charge on any atom is 0.0588 e. The van der Waals surface area contributed by atoms with Crippen LogP contribution in [0.5, 0.6) is 0 Å². The summed E-state index contributed by atoms with van der Waals surface area (Å²) in [6.07, 6.45) is 10.1. The van der Waals surface area contributed by atoms with E-state index in [1.165, 1.54) is 71.1 Å². The van der Waals surface area contributed by atoms with Crippen molar-refractivity contribution in [1.82, 2.24) is 20.4 Å². The van der Waals surface area contributed by atoms with E-state index in [-0.39, 0.29) is 0 Å². The van der Waals surface area contributed by atoms with E-state index in [1.807, 2.05) is 0 Å². The Morgan fingerprint density at radius 1 is 0.957 bits per heavy atom. The van der Waals surface area contributed by atoms with Crippen LogP contribution in [0.3, 0.4) is 0 Å². The molecule has 4 atom stereocenters. The molecule has 0 aromatic carbocycles. The van der Waals surface area contributed by atoms with Crippen LogP contribution in [-0.4, -0.2) is 68.3 Å². The first-order valence-electron chi connectivity index (χ1n) is 9.95. The van der Waals surface area contributed by atoms with Gasteiger partial charge in [-0.2, -0.15) is 0 Å². The van der Waals surface area contributed by atoms with E-state index in [0.29, 0.717) is 6.17 Å². The molecule has 2 aliphatic rings. The second-order valence-corrected chi connectivity index (χ2v) is 8.02. The number of nitrogens with one attached hydrogen (secondary N) is 2. The number of nitrogens with zero attached hydrogens (tertiary/aromatic N) is 2. The zero-order valence-corrected chi connectivity index (χ0v) is 16.0. The van der Waals surface area contributed by atoms with Gasteiger partial charge in [0, 0.05) is 18.6 Å². The highest BCUT2D eigenvalue weighted by Crippen LogP contribution is 2.17. The van der Waals surface area contributed by atoms with Crippen LogP contribution in [0.15, 0.2) is 0 Å². The molecule has 2 heterocycles. The summed E-state index contributed by atoms with van der Waals surface area (Å²) in [5, 5.41) is 7.26. The van der Waals surface area contributed by atoms with Gasteiger partial charge in [0.25, 0.3) is 0 Å². The van der Waals surface area contributed by atoms with Gasteiger partial charge in [-0.05, 0) is 85.1 Å². The van der Waals surface area contributed by atoms with Crippen molar-refractivity contribution in [1.29, 1.82) is 0 Å². The van der Waals surface area contributed by atoms with Gasteiger partial charge >= 0.3 is 0 Å². The third-order valence-corrected chi connectivity index (χ3v) is 6.11. The van der Waals surface area contributed by atoms with E-state index in [9.17, 15) is 0 Å². The molecule has 0 aromatic rings. The largest absolute Gasteiger partial charge is 0.314 e. The summed E-state index contributed by atoms with van der Waals surface area (Å²) in [6.45, 7) is 9.61. The van der Waals surface area contributed by atoms with Crippen molar-refractivity contribution in [3.05, 3.63) is 0 Å². The minimum Gasteiger partial charge on any atom is -0.314 e. The van der Waals surface area contributed by atoms with Gasteiger partial charge in [0.15, 0.2) is 0 Å². The molecule has 2 rings (SSSR count). The van der Waals surface area contributed by atoms with Gasteiger partial charge in [0.2, 0.25) is 0 Å². The summed E-state index contributed by atoms with van der Waals surface area (Å²) in [5.74, 6) is 0.742. The van der Waals surface area contributed by atoms with Crippen molar-refractivity contribution in [2.75, 3.05) is 40.3 Å². The molecule has 0 spiro atoms. The molecule has 4 heteroatoms. The highest BCUT2D eigenvalue weighted by Gasteiger charge is 2.24. The zero-order valence-electron chi connectivity index (χ0n) is 16.0. The van der Waals surface area contributed by atoms with Crippen LogP contribution < -0.4 is 10.6 Å². The molecule has 0 amide bonds. The Morgan fingerprint density at radius 3 is 2.35 bits per heavy atom. The molecule has 0 radical (unpaired) electrons. The summed E-state index contributed by atoms with van der Waals surface area (Å²) < 4.78 is 0. The van der Waals surface area contributed by atoms with E-state index in [4.69, 9.17) is 0 Å². The highest BCUT2D eigenvalue weighted by molar-refractivity contribution is 4.81. The summed E-state index contributed by atoms with van der Waals surface area (Å²) >= 11 is 0. The van der Waals surface area contributed by atoms with Crippen LogP contribution in [-0.2, 0) is 0 Å². The Bertz CT molecular complexity index is 310. The van der Waals surface area contributed by atoms with E-state index < -0.39 is 0 Å². The average molecular weight is 325 g/mol. The molecular weight excluding hydrogens is 284 g/mol. The van der Waals surface area contributed by atoms with Gasteiger partial charge in [-0.1, -0.05) is 13.3 Å². The van der Waals surface area contributed by atoms with Crippen LogP contribution in [0, 0.1) is 5.92 Å². The first kappa shape index (κ1) is 19.2. The molecule has 3 unspecified atom stereocenters. The average Bonchev–Trinajstić information content (AvgIpc) is 3.23. The van der Waals surface area contributed by atoms with Gasteiger partial charge in [0.1, 0.15) is 0 Å². The molecule has 136 valence electrons. The van der Waals surface area contributed by atoms with Crippen molar-refractivity contribution >= 4 is 0 Å². The Balaban J connectivity index is 1.59. The summed E-state index contributed by atoms with van der Waals surface area (Å²) in [6, 6.07) is 1.54. The molecule has 2 saturated heterocycles. The van der Waals surface area contributed by atoms with Gasteiger partial charge in [-0.3, -0.25) is 9.80 Å². The fourth-order valence-corrected chi connectivity index (χ4v) is 4.21. The van der Waals surface area contributed by atoms with E-state index in [2.05, 4.69) is 48.4 Å². The summed E-state index contributed by atoms with van der Waals surface area (Å²) in [5.41, 5.74) is 0. The molecule has 2 fully saturated rings. The van der Waals surface area contributed by atoms with Crippen molar-refractivity contribution < 1.29 is 0 Å². The van der Waals surface area contributed by atoms with E-state index >= 15 is 0 Å². The molecule has 0 saturated carbocycles. The minimum atomic E-state index is 0.531. The fourth-order valence-electron chi connectivity index (χ4n) is 4.21. The van der Waals surface area contributed by atoms with Crippen molar-refractivity contribution in [3.63, 3.8) is 0 Å². The first-order valence-corrected chi connectivity index (χ1v) is 9.95. The SMILES string of the molecule is CC(N(C)CCCCC1CCCN1)N(C)C[C@@H](C)C1CCCN1. The second-order valence-electron chi connectivity index (χ2n) is 8.02. The summed E-state index contributed by atoms with van der Waals surface area (Å²) in [7, 11) is 4.57. The maximum absolute atomic E-state index is 3.65. The Hall–Kier alpha value is -0.160. The third kappa shape index (κ3) is 6.33. The van der Waals surface area contributed by atoms with Gasteiger partial charge in [0.05, 0.1) is 6.17 Å². The molecular formula is C19H40N4. The topological polar surface area (TPSA) is 30.5 Å². The minimum absolute atomic E-state index is 0.531. The van der Waals surface area contributed by atoms with Gasteiger partial charge < -0.3 is 10.6 Å². The van der Waals surface area contributed by atoms with Crippen molar-refractivity contribution in [2.45, 2.75) is 77.0 Å². The highest BCUT2D eigenvalue weighted by atomic mass is 15.3. The zero-order chi connectivity index (χ0) is 16.7. The molecule has 23 heavy (non-hydrogen) atoms. The van der Waals surface area contributed by atoms with Crippen LogP contribution in [0.2, 0.25) is 0 Å². The quantitative estimate of drug-likeness (QED) is 0.477. The molecule has 2 aliphatic heterocycles. The molecule has 2 N–H and O–H groups in total. The van der Waals surface area contributed by atoms with Crippen LogP contribution in [0.25, 0.3) is 0 Å². The Kier molecular flexibility index (Phi) is 8.31. The van der Waals surface area contributed by atoms with Crippen molar-refractivity contribution in [3.8, 4) is 0 Å². The number of hydrogen-bond donors (Lipinski definition) is 2. The first-order chi connectivity index (χ1) is 11.1. The predicted molar refractivity (Wildman–Crippen MR) is 99.8 cm³/mol.